The van der Waals surface area contributed by atoms with Crippen molar-refractivity contribution in [1.82, 2.24) is 15.8 Å². The fraction of sp³-hybridized carbons (Fsp3) is 0.524. The van der Waals surface area contributed by atoms with E-state index in [-0.39, 0.29) is 17.5 Å². The van der Waals surface area contributed by atoms with Crippen molar-refractivity contribution in [1.29, 1.82) is 0 Å². The summed E-state index contributed by atoms with van der Waals surface area (Å²) in [6.45, 7) is 5.85. The number of benzene rings is 1. The first-order chi connectivity index (χ1) is 13.1. The van der Waals surface area contributed by atoms with Gasteiger partial charge in [0.25, 0.3) is 0 Å². The molecule has 2 aliphatic rings. The third kappa shape index (κ3) is 3.34. The van der Waals surface area contributed by atoms with Crippen molar-refractivity contribution in [2.45, 2.75) is 52.1 Å². The Morgan fingerprint density at radius 3 is 2.85 bits per heavy atom. The normalized spacial score (nSPS) is 20.4. The molecule has 6 heteroatoms. The molecule has 1 atom stereocenters. The smallest absolute Gasteiger partial charge is 0.315 e. The van der Waals surface area contributed by atoms with Gasteiger partial charge in [0.2, 0.25) is 0 Å². The molecular formula is C21H27N3O3. The zero-order chi connectivity index (χ0) is 18.9. The van der Waals surface area contributed by atoms with Crippen molar-refractivity contribution in [3.05, 3.63) is 52.4 Å². The molecule has 0 bridgehead atoms. The van der Waals surface area contributed by atoms with Crippen molar-refractivity contribution in [2.24, 2.45) is 5.41 Å². The molecule has 2 heterocycles. The van der Waals surface area contributed by atoms with Crippen LogP contribution in [0.5, 0.6) is 0 Å². The van der Waals surface area contributed by atoms with Gasteiger partial charge in [-0.25, -0.2) is 4.79 Å². The number of fused-ring (bicyclic) bond motifs is 1. The molecule has 4 rings (SSSR count). The predicted octanol–water partition coefficient (Wildman–Crippen LogP) is 3.44. The second kappa shape index (κ2) is 7.35. The molecule has 1 fully saturated rings. The first-order valence-corrected chi connectivity index (χ1v) is 9.77. The minimum Gasteiger partial charge on any atom is -0.381 e. The number of hydrogen-bond acceptors (Lipinski definition) is 4. The largest absolute Gasteiger partial charge is 0.381 e. The van der Waals surface area contributed by atoms with E-state index >= 15 is 0 Å². The van der Waals surface area contributed by atoms with Crippen LogP contribution in [0, 0.1) is 12.3 Å². The van der Waals surface area contributed by atoms with Gasteiger partial charge in [0.15, 0.2) is 0 Å². The van der Waals surface area contributed by atoms with Crippen molar-refractivity contribution < 1.29 is 14.1 Å². The number of carbonyl (C=O) groups excluding carboxylic acids is 1. The molecule has 1 spiro atoms. The van der Waals surface area contributed by atoms with Gasteiger partial charge in [-0.3, -0.25) is 0 Å². The highest BCUT2D eigenvalue weighted by atomic mass is 16.5. The number of aromatic nitrogens is 1. The minimum absolute atomic E-state index is 0.0202. The van der Waals surface area contributed by atoms with E-state index in [2.05, 4.69) is 40.1 Å². The number of nitrogens with one attached hydrogen (secondary N) is 2. The second-order valence-electron chi connectivity index (χ2n) is 7.63. The summed E-state index contributed by atoms with van der Waals surface area (Å²) in [5.41, 5.74) is 4.51. The lowest BCUT2D eigenvalue weighted by molar-refractivity contribution is 0.00213. The summed E-state index contributed by atoms with van der Waals surface area (Å²) in [4.78, 5) is 12.7. The first-order valence-electron chi connectivity index (χ1n) is 9.77. The number of urea groups is 1. The Bertz CT molecular complexity index is 824. The van der Waals surface area contributed by atoms with E-state index in [0.717, 1.165) is 55.9 Å². The maximum atomic E-state index is 12.7. The minimum atomic E-state index is -0.148. The van der Waals surface area contributed by atoms with E-state index in [0.29, 0.717) is 6.54 Å². The van der Waals surface area contributed by atoms with E-state index < -0.39 is 0 Å². The fourth-order valence-electron chi connectivity index (χ4n) is 4.55. The number of hydrogen-bond donors (Lipinski definition) is 2. The predicted molar refractivity (Wildman–Crippen MR) is 101 cm³/mol. The third-order valence-corrected chi connectivity index (χ3v) is 6.11. The lowest BCUT2D eigenvalue weighted by Crippen LogP contribution is -2.45. The maximum Gasteiger partial charge on any atom is 0.315 e. The third-order valence-electron chi connectivity index (χ3n) is 6.11. The van der Waals surface area contributed by atoms with Crippen molar-refractivity contribution in [2.75, 3.05) is 13.2 Å². The summed E-state index contributed by atoms with van der Waals surface area (Å²) in [5, 5.41) is 10.3. The van der Waals surface area contributed by atoms with Crippen LogP contribution < -0.4 is 10.6 Å². The van der Waals surface area contributed by atoms with Gasteiger partial charge >= 0.3 is 6.03 Å². The van der Waals surface area contributed by atoms with Gasteiger partial charge < -0.3 is 19.9 Å². The van der Waals surface area contributed by atoms with Gasteiger partial charge in [0.1, 0.15) is 5.76 Å². The van der Waals surface area contributed by atoms with E-state index in [4.69, 9.17) is 9.26 Å². The van der Waals surface area contributed by atoms with Gasteiger partial charge in [-0.1, -0.05) is 36.3 Å². The average Bonchev–Trinajstić information content (AvgIpc) is 3.18. The summed E-state index contributed by atoms with van der Waals surface area (Å²) in [6.07, 6.45) is 3.73. The molecule has 1 saturated heterocycles. The van der Waals surface area contributed by atoms with Crippen LogP contribution in [0.1, 0.15) is 54.0 Å². The highest BCUT2D eigenvalue weighted by Crippen LogP contribution is 2.51. The van der Waals surface area contributed by atoms with Gasteiger partial charge in [-0.05, 0) is 43.7 Å². The molecule has 1 aliphatic carbocycles. The number of nitrogens with zero attached hydrogens (tertiary/aromatic N) is 1. The van der Waals surface area contributed by atoms with E-state index in [9.17, 15) is 4.79 Å². The number of carbonyl (C=O) groups is 1. The number of aryl methyl sites for hydroxylation is 2. The fourth-order valence-corrected chi connectivity index (χ4v) is 4.55. The van der Waals surface area contributed by atoms with Crippen LogP contribution >= 0.6 is 0 Å². The van der Waals surface area contributed by atoms with Crippen LogP contribution in [-0.2, 0) is 24.1 Å². The topological polar surface area (TPSA) is 76.4 Å². The quantitative estimate of drug-likeness (QED) is 0.866. The Balaban J connectivity index is 1.49. The molecule has 0 radical (unpaired) electrons. The van der Waals surface area contributed by atoms with Crippen LogP contribution in [0.3, 0.4) is 0 Å². The number of rotatable bonds is 4. The van der Waals surface area contributed by atoms with Crippen LogP contribution in [0.25, 0.3) is 0 Å². The molecule has 144 valence electrons. The van der Waals surface area contributed by atoms with Crippen molar-refractivity contribution >= 4 is 6.03 Å². The monoisotopic (exact) mass is 369 g/mol. The average molecular weight is 369 g/mol. The SMILES string of the molecule is CCc1noc(C)c1CNC(=O)NC1c2ccccc2CC12CCOCC2. The molecule has 1 aromatic heterocycles. The van der Waals surface area contributed by atoms with E-state index in [1.54, 1.807) is 0 Å². The van der Waals surface area contributed by atoms with Gasteiger partial charge in [0, 0.05) is 30.7 Å². The first kappa shape index (κ1) is 18.0. The van der Waals surface area contributed by atoms with Crippen LogP contribution in [-0.4, -0.2) is 24.4 Å². The Hall–Kier alpha value is -2.34. The molecule has 2 amide bonds. The summed E-state index contributed by atoms with van der Waals surface area (Å²) in [6, 6.07) is 8.33. The molecule has 1 aliphatic heterocycles. The Morgan fingerprint density at radius 2 is 2.07 bits per heavy atom. The Labute approximate surface area is 159 Å². The Kier molecular flexibility index (Phi) is 4.91. The lowest BCUT2D eigenvalue weighted by Gasteiger charge is -2.39. The number of ether oxygens (including phenoxy) is 1. The van der Waals surface area contributed by atoms with Crippen molar-refractivity contribution in [3.8, 4) is 0 Å². The molecular weight excluding hydrogens is 342 g/mol. The molecule has 27 heavy (non-hydrogen) atoms. The molecule has 0 saturated carbocycles. The second-order valence-corrected chi connectivity index (χ2v) is 7.63. The molecule has 1 aromatic carbocycles. The van der Waals surface area contributed by atoms with Crippen molar-refractivity contribution in [3.63, 3.8) is 0 Å². The molecule has 6 nitrogen and oxygen atoms in total. The van der Waals surface area contributed by atoms with Gasteiger partial charge in [0.05, 0.1) is 11.7 Å². The molecule has 2 N–H and O–H groups in total. The van der Waals surface area contributed by atoms with Gasteiger partial charge in [-0.2, -0.15) is 0 Å². The highest BCUT2D eigenvalue weighted by molar-refractivity contribution is 5.75. The summed E-state index contributed by atoms with van der Waals surface area (Å²) < 4.78 is 10.9. The van der Waals surface area contributed by atoms with E-state index in [1.807, 2.05) is 13.8 Å². The summed E-state index contributed by atoms with van der Waals surface area (Å²) >= 11 is 0. The standard InChI is InChI=1S/C21H27N3O3/c1-3-18-17(14(2)27-24-18)13-22-20(25)23-19-16-7-5-4-6-15(16)12-21(19)8-10-26-11-9-21/h4-7,19H,3,8-13H2,1-2H3,(H2,22,23,25). The zero-order valence-electron chi connectivity index (χ0n) is 16.0. The molecule has 2 aromatic rings. The summed E-state index contributed by atoms with van der Waals surface area (Å²) in [5.74, 6) is 0.763. The summed E-state index contributed by atoms with van der Waals surface area (Å²) in [7, 11) is 0. The van der Waals surface area contributed by atoms with Gasteiger partial charge in [-0.15, -0.1) is 0 Å². The van der Waals surface area contributed by atoms with Crippen LogP contribution in [0.2, 0.25) is 0 Å². The van der Waals surface area contributed by atoms with Crippen LogP contribution in [0.4, 0.5) is 4.79 Å². The number of amides is 2. The Morgan fingerprint density at radius 1 is 1.30 bits per heavy atom. The highest BCUT2D eigenvalue weighted by Gasteiger charge is 2.47. The van der Waals surface area contributed by atoms with Crippen LogP contribution in [0.15, 0.2) is 28.8 Å². The van der Waals surface area contributed by atoms with E-state index in [1.165, 1.54) is 11.1 Å². The molecule has 1 unspecified atom stereocenters. The lowest BCUT2D eigenvalue weighted by atomic mass is 9.74. The maximum absolute atomic E-state index is 12.7. The zero-order valence-corrected chi connectivity index (χ0v) is 16.0.